The average molecular weight is 667 g/mol. The van der Waals surface area contributed by atoms with Crippen molar-refractivity contribution in [2.45, 2.75) is 13.8 Å². The van der Waals surface area contributed by atoms with E-state index in [1.807, 2.05) is 44.2 Å². The van der Waals surface area contributed by atoms with E-state index in [0.29, 0.717) is 5.82 Å². The van der Waals surface area contributed by atoms with Crippen LogP contribution in [0.2, 0.25) is 0 Å². The van der Waals surface area contributed by atoms with E-state index in [2.05, 4.69) is 145 Å². The van der Waals surface area contributed by atoms with Gasteiger partial charge in [0.2, 0.25) is 0 Å². The molecule has 0 saturated heterocycles. The summed E-state index contributed by atoms with van der Waals surface area (Å²) in [6, 6.07) is 59.9. The highest BCUT2D eigenvalue weighted by Crippen LogP contribution is 2.39. The summed E-state index contributed by atoms with van der Waals surface area (Å²) < 4.78 is 0. The molecule has 0 aliphatic rings. The third kappa shape index (κ3) is 6.01. The molecule has 0 amide bonds. The van der Waals surface area contributed by atoms with E-state index in [0.717, 1.165) is 67.5 Å². The van der Waals surface area contributed by atoms with Crippen molar-refractivity contribution in [1.82, 2.24) is 19.9 Å². The quantitative estimate of drug-likeness (QED) is 0.166. The van der Waals surface area contributed by atoms with Gasteiger partial charge in [-0.3, -0.25) is 0 Å². The smallest absolute Gasteiger partial charge is 0.160 e. The normalized spacial score (nSPS) is 11.3. The van der Waals surface area contributed by atoms with Gasteiger partial charge in [-0.1, -0.05) is 133 Å². The van der Waals surface area contributed by atoms with Crippen LogP contribution in [0.15, 0.2) is 170 Å². The largest absolute Gasteiger partial charge is 0.239 e. The van der Waals surface area contributed by atoms with Gasteiger partial charge in [-0.25, -0.2) is 19.9 Å². The van der Waals surface area contributed by atoms with Crippen molar-refractivity contribution in [3.8, 4) is 67.4 Å². The summed E-state index contributed by atoms with van der Waals surface area (Å²) in [5.74, 6) is 1.47. The second-order valence-electron chi connectivity index (χ2n) is 13.2. The molecule has 0 bridgehead atoms. The fraction of sp³-hybridized carbons (Fsp3) is 0.0417. The summed E-state index contributed by atoms with van der Waals surface area (Å²) in [4.78, 5) is 19.5. The van der Waals surface area contributed by atoms with E-state index in [4.69, 9.17) is 15.0 Å². The Morgan fingerprint density at radius 3 is 1.60 bits per heavy atom. The topological polar surface area (TPSA) is 51.6 Å². The van der Waals surface area contributed by atoms with Crippen molar-refractivity contribution in [3.63, 3.8) is 0 Å². The van der Waals surface area contributed by atoms with E-state index in [9.17, 15) is 0 Å². The second kappa shape index (κ2) is 13.2. The zero-order valence-corrected chi connectivity index (χ0v) is 29.0. The third-order valence-electron chi connectivity index (χ3n) is 9.62. The molecule has 0 saturated carbocycles. The fourth-order valence-electron chi connectivity index (χ4n) is 7.16. The predicted molar refractivity (Wildman–Crippen MR) is 215 cm³/mol. The Labute approximate surface area is 303 Å². The summed E-state index contributed by atoms with van der Waals surface area (Å²) >= 11 is 0. The summed E-state index contributed by atoms with van der Waals surface area (Å²) in [6.45, 7) is 3.95. The van der Waals surface area contributed by atoms with Crippen molar-refractivity contribution in [2.24, 2.45) is 0 Å². The van der Waals surface area contributed by atoms with E-state index >= 15 is 0 Å². The average Bonchev–Trinajstić information content (AvgIpc) is 3.20. The monoisotopic (exact) mass is 666 g/mol. The predicted octanol–water partition coefficient (Wildman–Crippen LogP) is 12.2. The zero-order chi connectivity index (χ0) is 35.0. The van der Waals surface area contributed by atoms with Gasteiger partial charge in [0.05, 0.1) is 17.1 Å². The Morgan fingerprint density at radius 2 is 0.865 bits per heavy atom. The minimum absolute atomic E-state index is 0.694. The lowest BCUT2D eigenvalue weighted by Gasteiger charge is -2.16. The number of fused-ring (bicyclic) bond motifs is 3. The molecular weight excluding hydrogens is 633 g/mol. The highest BCUT2D eigenvalue weighted by molar-refractivity contribution is 6.14. The number of hydrogen-bond donors (Lipinski definition) is 0. The van der Waals surface area contributed by atoms with Crippen LogP contribution in [-0.4, -0.2) is 19.9 Å². The molecule has 4 nitrogen and oxygen atoms in total. The number of nitrogens with zero attached hydrogens (tertiary/aromatic N) is 4. The highest BCUT2D eigenvalue weighted by Gasteiger charge is 2.16. The van der Waals surface area contributed by atoms with Gasteiger partial charge in [-0.2, -0.15) is 0 Å². The first-order valence-electron chi connectivity index (χ1n) is 17.6. The highest BCUT2D eigenvalue weighted by atomic mass is 14.9. The van der Waals surface area contributed by atoms with Crippen molar-refractivity contribution in [2.75, 3.05) is 0 Å². The van der Waals surface area contributed by atoms with Crippen LogP contribution < -0.4 is 0 Å². The summed E-state index contributed by atoms with van der Waals surface area (Å²) in [7, 11) is 0. The molecule has 4 heteroatoms. The van der Waals surface area contributed by atoms with Crippen LogP contribution in [0.3, 0.4) is 0 Å². The Hall–Kier alpha value is -6.78. The number of aryl methyl sites for hydroxylation is 2. The Balaban J connectivity index is 1.28. The van der Waals surface area contributed by atoms with Gasteiger partial charge < -0.3 is 0 Å². The van der Waals surface area contributed by atoms with Crippen molar-refractivity contribution in [3.05, 3.63) is 181 Å². The fourth-order valence-corrected chi connectivity index (χ4v) is 7.16. The number of rotatable bonds is 6. The number of benzene rings is 7. The molecule has 0 radical (unpaired) electrons. The standard InChI is InChI=1S/C48H34N4/c1-31-25-45(50-32(2)49-31)35-23-21-33(22-24-35)38-26-39(44-29-37-17-9-10-18-41(37)42-19-11-12-20-43(42)44)28-40(27-38)47-30-46(34-13-5-3-6-14-34)51-48(52-47)36-15-7-4-8-16-36/h3-30H,1-2H3. The molecule has 52 heavy (non-hydrogen) atoms. The lowest BCUT2D eigenvalue weighted by Crippen LogP contribution is -1.96. The van der Waals surface area contributed by atoms with Gasteiger partial charge in [0.15, 0.2) is 5.82 Å². The van der Waals surface area contributed by atoms with Crippen molar-refractivity contribution >= 4 is 21.5 Å². The van der Waals surface area contributed by atoms with Crippen LogP contribution in [0.25, 0.3) is 89.0 Å². The molecule has 7 aromatic carbocycles. The first-order chi connectivity index (χ1) is 25.6. The van der Waals surface area contributed by atoms with Gasteiger partial charge in [0, 0.05) is 27.9 Å². The Kier molecular flexibility index (Phi) is 7.90. The van der Waals surface area contributed by atoms with Crippen LogP contribution >= 0.6 is 0 Å². The van der Waals surface area contributed by atoms with Gasteiger partial charge in [-0.05, 0) is 94.0 Å². The molecule has 0 unspecified atom stereocenters. The molecule has 0 N–H and O–H groups in total. The van der Waals surface area contributed by atoms with Crippen molar-refractivity contribution < 1.29 is 0 Å². The molecule has 246 valence electrons. The molecule has 0 aliphatic heterocycles. The lowest BCUT2D eigenvalue weighted by atomic mass is 9.89. The summed E-state index contributed by atoms with van der Waals surface area (Å²) in [5, 5.41) is 4.91. The second-order valence-corrected chi connectivity index (χ2v) is 13.2. The Bertz CT molecular complexity index is 2660. The van der Waals surface area contributed by atoms with Gasteiger partial charge >= 0.3 is 0 Å². The number of aromatic nitrogens is 4. The maximum absolute atomic E-state index is 5.23. The van der Waals surface area contributed by atoms with Crippen molar-refractivity contribution in [1.29, 1.82) is 0 Å². The lowest BCUT2D eigenvalue weighted by molar-refractivity contribution is 1.02. The van der Waals surface area contributed by atoms with E-state index in [1.54, 1.807) is 0 Å². The van der Waals surface area contributed by atoms with E-state index in [1.165, 1.54) is 27.1 Å². The van der Waals surface area contributed by atoms with Crippen LogP contribution in [0, 0.1) is 13.8 Å². The zero-order valence-electron chi connectivity index (χ0n) is 29.0. The van der Waals surface area contributed by atoms with Crippen LogP contribution in [0.1, 0.15) is 11.5 Å². The maximum Gasteiger partial charge on any atom is 0.160 e. The molecule has 0 spiro atoms. The molecule has 2 aromatic heterocycles. The van der Waals surface area contributed by atoms with Gasteiger partial charge in [0.25, 0.3) is 0 Å². The first-order valence-corrected chi connectivity index (χ1v) is 17.6. The van der Waals surface area contributed by atoms with Gasteiger partial charge in [0.1, 0.15) is 5.82 Å². The molecule has 2 heterocycles. The van der Waals surface area contributed by atoms with E-state index < -0.39 is 0 Å². The number of hydrogen-bond acceptors (Lipinski definition) is 4. The molecule has 9 aromatic rings. The van der Waals surface area contributed by atoms with E-state index in [-0.39, 0.29) is 0 Å². The SMILES string of the molecule is Cc1cc(-c2ccc(-c3cc(-c4cc(-c5ccccc5)nc(-c5ccccc5)n4)cc(-c4cc5ccccc5c5ccccc45)c3)cc2)nc(C)n1. The minimum atomic E-state index is 0.694. The molecular formula is C48H34N4. The van der Waals surface area contributed by atoms with Crippen LogP contribution in [-0.2, 0) is 0 Å². The van der Waals surface area contributed by atoms with Crippen LogP contribution in [0.4, 0.5) is 0 Å². The molecule has 0 fully saturated rings. The third-order valence-corrected chi connectivity index (χ3v) is 9.62. The Morgan fingerprint density at radius 1 is 0.327 bits per heavy atom. The molecule has 9 rings (SSSR count). The van der Waals surface area contributed by atoms with Crippen LogP contribution in [0.5, 0.6) is 0 Å². The molecule has 0 atom stereocenters. The maximum atomic E-state index is 5.23. The first kappa shape index (κ1) is 31.2. The summed E-state index contributed by atoms with van der Waals surface area (Å²) in [5.41, 5.74) is 12.3. The van der Waals surface area contributed by atoms with Gasteiger partial charge in [-0.15, -0.1) is 0 Å². The molecule has 0 aliphatic carbocycles. The minimum Gasteiger partial charge on any atom is -0.239 e. The summed E-state index contributed by atoms with van der Waals surface area (Å²) in [6.07, 6.45) is 0.